The van der Waals surface area contributed by atoms with Gasteiger partial charge in [0.25, 0.3) is 0 Å². The van der Waals surface area contributed by atoms with Crippen molar-refractivity contribution in [2.75, 3.05) is 12.4 Å². The molecule has 1 fully saturated rings. The molecular weight excluding hydrogens is 290 g/mol. The third-order valence-electron chi connectivity index (χ3n) is 3.35. The largest absolute Gasteiger partial charge is 0.465 e. The fourth-order valence-electron chi connectivity index (χ4n) is 2.23. The first-order valence-electron chi connectivity index (χ1n) is 6.29. The van der Waals surface area contributed by atoms with Crippen molar-refractivity contribution in [3.05, 3.63) is 23.0 Å². The average molecular weight is 305 g/mol. The highest BCUT2D eigenvalue weighted by molar-refractivity contribution is 6.29. The predicted octanol–water partition coefficient (Wildman–Crippen LogP) is 3.51. The number of hydrogen-bond donors (Lipinski definition) is 1. The number of esters is 1. The van der Waals surface area contributed by atoms with Crippen LogP contribution in [0, 0.1) is 0 Å². The quantitative estimate of drug-likeness (QED) is 0.686. The minimum Gasteiger partial charge on any atom is -0.465 e. The van der Waals surface area contributed by atoms with Crippen LogP contribution in [0.2, 0.25) is 5.15 Å². The summed E-state index contributed by atoms with van der Waals surface area (Å²) in [5.41, 5.74) is 0.710. The van der Waals surface area contributed by atoms with Crippen molar-refractivity contribution in [2.45, 2.75) is 37.6 Å². The molecular formula is C13H15ClF2N2O2. The summed E-state index contributed by atoms with van der Waals surface area (Å²) in [5.74, 6) is -3.13. The van der Waals surface area contributed by atoms with E-state index >= 15 is 0 Å². The molecule has 0 spiro atoms. The Labute approximate surface area is 120 Å². The van der Waals surface area contributed by atoms with Crippen LogP contribution in [0.15, 0.2) is 12.3 Å². The molecule has 2 rings (SSSR count). The van der Waals surface area contributed by atoms with Crippen molar-refractivity contribution in [3.63, 3.8) is 0 Å². The van der Waals surface area contributed by atoms with Gasteiger partial charge in [-0.15, -0.1) is 0 Å². The van der Waals surface area contributed by atoms with Gasteiger partial charge in [-0.2, -0.15) is 0 Å². The lowest BCUT2D eigenvalue weighted by Crippen LogP contribution is -2.32. The topological polar surface area (TPSA) is 51.2 Å². The number of anilines is 1. The molecule has 0 bridgehead atoms. The molecule has 1 aromatic heterocycles. The fourth-order valence-corrected chi connectivity index (χ4v) is 2.38. The van der Waals surface area contributed by atoms with Gasteiger partial charge < -0.3 is 10.1 Å². The van der Waals surface area contributed by atoms with Crippen molar-refractivity contribution in [1.29, 1.82) is 0 Å². The number of methoxy groups -OCH3 is 1. The lowest BCUT2D eigenvalue weighted by Gasteiger charge is -2.29. The standard InChI is InChI=1S/C13H15ClF2N2O2/c1-20-12(19)9-7-17-11(14)6-10(9)18-8-2-4-13(15,16)5-3-8/h6-8H,2-5H2,1H3,(H,17,18). The number of nitrogens with zero attached hydrogens (tertiary/aromatic N) is 1. The van der Waals surface area contributed by atoms with E-state index in [4.69, 9.17) is 11.6 Å². The first-order chi connectivity index (χ1) is 9.41. The zero-order valence-corrected chi connectivity index (χ0v) is 11.7. The van der Waals surface area contributed by atoms with E-state index in [1.54, 1.807) is 0 Å². The van der Waals surface area contributed by atoms with Gasteiger partial charge in [-0.25, -0.2) is 18.6 Å². The normalized spacial score (nSPS) is 18.6. The molecule has 1 saturated carbocycles. The molecule has 0 aliphatic heterocycles. The summed E-state index contributed by atoms with van der Waals surface area (Å²) in [7, 11) is 1.27. The van der Waals surface area contributed by atoms with Gasteiger partial charge in [-0.1, -0.05) is 11.6 Å². The third-order valence-corrected chi connectivity index (χ3v) is 3.56. The Hall–Kier alpha value is -1.43. The number of nitrogens with one attached hydrogen (secondary N) is 1. The highest BCUT2D eigenvalue weighted by Gasteiger charge is 2.35. The molecule has 1 aliphatic carbocycles. The summed E-state index contributed by atoms with van der Waals surface area (Å²) in [6, 6.07) is 1.39. The zero-order valence-electron chi connectivity index (χ0n) is 11.0. The van der Waals surface area contributed by atoms with Crippen molar-refractivity contribution in [3.8, 4) is 0 Å². The summed E-state index contributed by atoms with van der Waals surface area (Å²) in [5, 5.41) is 3.31. The van der Waals surface area contributed by atoms with Gasteiger partial charge in [0.15, 0.2) is 0 Å². The monoisotopic (exact) mass is 304 g/mol. The van der Waals surface area contributed by atoms with Crippen molar-refractivity contribution in [1.82, 2.24) is 4.98 Å². The van der Waals surface area contributed by atoms with Crippen LogP contribution < -0.4 is 5.32 Å². The van der Waals surface area contributed by atoms with Crippen molar-refractivity contribution < 1.29 is 18.3 Å². The summed E-state index contributed by atoms with van der Waals surface area (Å²) in [6.07, 6.45) is 1.68. The Balaban J connectivity index is 2.12. The van der Waals surface area contributed by atoms with Gasteiger partial charge >= 0.3 is 5.97 Å². The molecule has 0 atom stereocenters. The van der Waals surface area contributed by atoms with E-state index in [1.807, 2.05) is 0 Å². The number of rotatable bonds is 3. The number of aromatic nitrogens is 1. The van der Waals surface area contributed by atoms with Crippen LogP contribution in [-0.4, -0.2) is 30.0 Å². The first kappa shape index (κ1) is 15.0. The van der Waals surface area contributed by atoms with Crippen LogP contribution in [0.1, 0.15) is 36.0 Å². The summed E-state index contributed by atoms with van der Waals surface area (Å²) < 4.78 is 30.9. The predicted molar refractivity (Wildman–Crippen MR) is 71.4 cm³/mol. The zero-order chi connectivity index (χ0) is 14.8. The second-order valence-electron chi connectivity index (χ2n) is 4.82. The highest BCUT2D eigenvalue weighted by Crippen LogP contribution is 2.34. The first-order valence-corrected chi connectivity index (χ1v) is 6.67. The van der Waals surface area contributed by atoms with Crippen LogP contribution in [-0.2, 0) is 4.74 Å². The summed E-state index contributed by atoms with van der Waals surface area (Å²) >= 11 is 5.80. The van der Waals surface area contributed by atoms with Crippen molar-refractivity contribution in [2.24, 2.45) is 0 Å². The maximum atomic E-state index is 13.1. The van der Waals surface area contributed by atoms with E-state index in [0.717, 1.165) is 0 Å². The molecule has 0 unspecified atom stereocenters. The number of alkyl halides is 2. The van der Waals surface area contributed by atoms with E-state index in [0.29, 0.717) is 18.5 Å². The fraction of sp³-hybridized carbons (Fsp3) is 0.538. The molecule has 0 radical (unpaired) electrons. The molecule has 7 heteroatoms. The lowest BCUT2D eigenvalue weighted by atomic mass is 9.92. The molecule has 110 valence electrons. The number of ether oxygens (including phenoxy) is 1. The number of carbonyl (C=O) groups is 1. The number of halogens is 3. The Kier molecular flexibility index (Phi) is 4.42. The molecule has 1 N–H and O–H groups in total. The van der Waals surface area contributed by atoms with Crippen LogP contribution in [0.3, 0.4) is 0 Å². The van der Waals surface area contributed by atoms with Gasteiger partial charge in [0.2, 0.25) is 5.92 Å². The number of carbonyl (C=O) groups excluding carboxylic acids is 1. The van der Waals surface area contributed by atoms with Gasteiger partial charge in [-0.05, 0) is 18.9 Å². The number of hydrogen-bond acceptors (Lipinski definition) is 4. The van der Waals surface area contributed by atoms with Crippen LogP contribution in [0.5, 0.6) is 0 Å². The van der Waals surface area contributed by atoms with E-state index in [1.165, 1.54) is 19.4 Å². The van der Waals surface area contributed by atoms with E-state index in [2.05, 4.69) is 15.0 Å². The SMILES string of the molecule is COC(=O)c1cnc(Cl)cc1NC1CCC(F)(F)CC1. The van der Waals surface area contributed by atoms with Crippen LogP contribution >= 0.6 is 11.6 Å². The maximum absolute atomic E-state index is 13.1. The van der Waals surface area contributed by atoms with Gasteiger partial charge in [0, 0.05) is 25.1 Å². The van der Waals surface area contributed by atoms with Crippen LogP contribution in [0.25, 0.3) is 0 Å². The smallest absolute Gasteiger partial charge is 0.341 e. The number of pyridine rings is 1. The second kappa shape index (κ2) is 5.91. The molecule has 20 heavy (non-hydrogen) atoms. The Morgan fingerprint density at radius 1 is 1.50 bits per heavy atom. The highest BCUT2D eigenvalue weighted by atomic mass is 35.5. The molecule has 0 saturated heterocycles. The molecule has 0 aromatic carbocycles. The Morgan fingerprint density at radius 3 is 2.75 bits per heavy atom. The second-order valence-corrected chi connectivity index (χ2v) is 5.21. The van der Waals surface area contributed by atoms with E-state index < -0.39 is 11.9 Å². The Morgan fingerprint density at radius 2 is 2.15 bits per heavy atom. The molecule has 1 heterocycles. The summed E-state index contributed by atoms with van der Waals surface area (Å²) in [4.78, 5) is 15.5. The molecule has 0 amide bonds. The van der Waals surface area contributed by atoms with E-state index in [-0.39, 0.29) is 29.6 Å². The molecule has 1 aromatic rings. The minimum atomic E-state index is -2.58. The van der Waals surface area contributed by atoms with Gasteiger partial charge in [-0.3, -0.25) is 0 Å². The van der Waals surface area contributed by atoms with Crippen molar-refractivity contribution >= 4 is 23.3 Å². The third kappa shape index (κ3) is 3.56. The Bertz CT molecular complexity index is 501. The lowest BCUT2D eigenvalue weighted by molar-refractivity contribution is -0.0361. The molecule has 4 nitrogen and oxygen atoms in total. The molecule has 1 aliphatic rings. The minimum absolute atomic E-state index is 0.114. The van der Waals surface area contributed by atoms with Crippen LogP contribution in [0.4, 0.5) is 14.5 Å². The summed E-state index contributed by atoms with van der Waals surface area (Å²) in [6.45, 7) is 0. The van der Waals surface area contributed by atoms with E-state index in [9.17, 15) is 13.6 Å². The average Bonchev–Trinajstić information content (AvgIpc) is 2.40. The van der Waals surface area contributed by atoms with Gasteiger partial charge in [0.1, 0.15) is 10.7 Å². The van der Waals surface area contributed by atoms with Gasteiger partial charge in [0.05, 0.1) is 12.8 Å². The maximum Gasteiger partial charge on any atom is 0.341 e.